The molecule has 0 radical (unpaired) electrons. The Morgan fingerprint density at radius 1 is 1.00 bits per heavy atom. The molecule has 24 heavy (non-hydrogen) atoms. The van der Waals surface area contributed by atoms with Crippen molar-refractivity contribution in [3.63, 3.8) is 0 Å². The average molecular weight is 333 g/mol. The average Bonchev–Trinajstić information content (AvgIpc) is 2.65. The van der Waals surface area contributed by atoms with Crippen LogP contribution in [0.4, 0.5) is 4.39 Å². The minimum Gasteiger partial charge on any atom is -0.493 e. The van der Waals surface area contributed by atoms with Crippen molar-refractivity contribution in [3.05, 3.63) is 59.2 Å². The number of alkyl halides is 1. The Morgan fingerprint density at radius 2 is 1.67 bits per heavy atom. The van der Waals surface area contributed by atoms with Crippen LogP contribution in [0, 0.1) is 0 Å². The van der Waals surface area contributed by atoms with E-state index in [1.807, 2.05) is 18.2 Å². The molecular formula is C18H20FNO4. The van der Waals surface area contributed by atoms with E-state index in [-0.39, 0.29) is 13.2 Å². The topological polar surface area (TPSA) is 60.3 Å². The van der Waals surface area contributed by atoms with Gasteiger partial charge in [-0.3, -0.25) is 0 Å². The van der Waals surface area contributed by atoms with E-state index in [1.54, 1.807) is 38.5 Å². The van der Waals surface area contributed by atoms with Crippen molar-refractivity contribution in [3.8, 4) is 11.5 Å². The van der Waals surface area contributed by atoms with E-state index in [9.17, 15) is 4.39 Å². The first-order valence-corrected chi connectivity index (χ1v) is 7.42. The van der Waals surface area contributed by atoms with Crippen LogP contribution >= 0.6 is 0 Å². The van der Waals surface area contributed by atoms with Crippen molar-refractivity contribution in [2.75, 3.05) is 27.5 Å². The Kier molecular flexibility index (Phi) is 6.57. The van der Waals surface area contributed by atoms with Gasteiger partial charge in [-0.2, -0.15) is 0 Å². The summed E-state index contributed by atoms with van der Waals surface area (Å²) in [7, 11) is 3.11. The van der Waals surface area contributed by atoms with Crippen LogP contribution in [0.5, 0.6) is 11.5 Å². The molecule has 0 aliphatic rings. The van der Waals surface area contributed by atoms with Crippen molar-refractivity contribution < 1.29 is 23.8 Å². The molecule has 0 bridgehead atoms. The third-order valence-electron chi connectivity index (χ3n) is 3.39. The van der Waals surface area contributed by atoms with E-state index < -0.39 is 6.67 Å². The Labute approximate surface area is 140 Å². The Balaban J connectivity index is 2.43. The maximum absolute atomic E-state index is 12.3. The summed E-state index contributed by atoms with van der Waals surface area (Å²) in [5.74, 6) is 1.15. The second-order valence-electron chi connectivity index (χ2n) is 4.89. The second kappa shape index (κ2) is 8.88. The summed E-state index contributed by atoms with van der Waals surface area (Å²) in [5, 5.41) is 13.2. The second-order valence-corrected chi connectivity index (χ2v) is 4.89. The molecule has 128 valence electrons. The van der Waals surface area contributed by atoms with Gasteiger partial charge in [0.05, 0.1) is 20.8 Å². The van der Waals surface area contributed by atoms with Gasteiger partial charge >= 0.3 is 0 Å². The quantitative estimate of drug-likeness (QED) is 0.458. The van der Waals surface area contributed by atoms with Gasteiger partial charge in [-0.05, 0) is 23.8 Å². The number of hydrogen-bond donors (Lipinski definition) is 1. The zero-order valence-electron chi connectivity index (χ0n) is 13.7. The number of hydrogen-bond acceptors (Lipinski definition) is 5. The lowest BCUT2D eigenvalue weighted by Crippen LogP contribution is -2.06. The molecule has 0 amide bonds. The van der Waals surface area contributed by atoms with Crippen LogP contribution in [-0.2, 0) is 11.4 Å². The van der Waals surface area contributed by atoms with Gasteiger partial charge in [0.2, 0.25) is 0 Å². The van der Waals surface area contributed by atoms with Gasteiger partial charge in [0.1, 0.15) is 19.0 Å². The SMILES string of the molecule is COc1ccc(C(=NOCCF)c2ccc(CO)cc2)cc1OC. The van der Waals surface area contributed by atoms with E-state index in [0.717, 1.165) is 16.7 Å². The first-order chi connectivity index (χ1) is 11.7. The van der Waals surface area contributed by atoms with Crippen molar-refractivity contribution in [1.82, 2.24) is 0 Å². The van der Waals surface area contributed by atoms with Crippen LogP contribution in [0.15, 0.2) is 47.6 Å². The van der Waals surface area contributed by atoms with E-state index in [1.165, 1.54) is 0 Å². The molecular weight excluding hydrogens is 313 g/mol. The molecule has 0 aliphatic carbocycles. The fourth-order valence-electron chi connectivity index (χ4n) is 2.17. The molecule has 0 saturated heterocycles. The summed E-state index contributed by atoms with van der Waals surface area (Å²) in [4.78, 5) is 5.03. The third-order valence-corrected chi connectivity index (χ3v) is 3.39. The standard InChI is InChI=1S/C18H20FNO4/c1-22-16-8-7-15(11-17(16)23-2)18(20-24-10-9-19)14-5-3-13(12-21)4-6-14/h3-8,11,21H,9-10,12H2,1-2H3. The van der Waals surface area contributed by atoms with Crippen molar-refractivity contribution in [1.29, 1.82) is 0 Å². The number of methoxy groups -OCH3 is 2. The molecule has 5 nitrogen and oxygen atoms in total. The highest BCUT2D eigenvalue weighted by atomic mass is 19.1. The number of halogens is 1. The number of ether oxygens (including phenoxy) is 2. The highest BCUT2D eigenvalue weighted by Gasteiger charge is 2.12. The summed E-state index contributed by atoms with van der Waals surface area (Å²) < 4.78 is 22.8. The van der Waals surface area contributed by atoms with Crippen LogP contribution < -0.4 is 9.47 Å². The lowest BCUT2D eigenvalue weighted by Gasteiger charge is -2.12. The number of benzene rings is 2. The minimum atomic E-state index is -0.619. The Hall–Kier alpha value is -2.60. The Bertz CT molecular complexity index is 686. The van der Waals surface area contributed by atoms with E-state index in [2.05, 4.69) is 5.16 Å². The number of rotatable bonds is 8. The lowest BCUT2D eigenvalue weighted by molar-refractivity contribution is 0.128. The van der Waals surface area contributed by atoms with Crippen molar-refractivity contribution in [2.45, 2.75) is 6.61 Å². The summed E-state index contributed by atoms with van der Waals surface area (Å²) >= 11 is 0. The molecule has 0 aliphatic heterocycles. The van der Waals surface area contributed by atoms with Gasteiger partial charge in [0, 0.05) is 11.1 Å². The summed E-state index contributed by atoms with van der Waals surface area (Å²) in [6.45, 7) is -0.779. The van der Waals surface area contributed by atoms with Gasteiger partial charge < -0.3 is 19.4 Å². The van der Waals surface area contributed by atoms with Crippen molar-refractivity contribution in [2.24, 2.45) is 5.16 Å². The van der Waals surface area contributed by atoms with Crippen LogP contribution in [0.2, 0.25) is 0 Å². The van der Waals surface area contributed by atoms with Gasteiger partial charge in [0.15, 0.2) is 11.5 Å². The molecule has 0 fully saturated rings. The van der Waals surface area contributed by atoms with Crippen LogP contribution in [-0.4, -0.2) is 38.3 Å². The molecule has 0 atom stereocenters. The van der Waals surface area contributed by atoms with Gasteiger partial charge in [-0.15, -0.1) is 0 Å². The van der Waals surface area contributed by atoms with Gasteiger partial charge in [-0.1, -0.05) is 29.4 Å². The summed E-state index contributed by atoms with van der Waals surface area (Å²) in [6, 6.07) is 12.6. The fraction of sp³-hybridized carbons (Fsp3) is 0.278. The molecule has 0 unspecified atom stereocenters. The van der Waals surface area contributed by atoms with Crippen LogP contribution in [0.25, 0.3) is 0 Å². The van der Waals surface area contributed by atoms with E-state index in [0.29, 0.717) is 17.2 Å². The number of nitrogens with zero attached hydrogens (tertiary/aromatic N) is 1. The number of oxime groups is 1. The molecule has 2 aromatic rings. The highest BCUT2D eigenvalue weighted by molar-refractivity contribution is 6.12. The Morgan fingerprint density at radius 3 is 2.25 bits per heavy atom. The maximum atomic E-state index is 12.3. The lowest BCUT2D eigenvalue weighted by atomic mass is 10.0. The zero-order valence-corrected chi connectivity index (χ0v) is 13.7. The predicted molar refractivity (Wildman–Crippen MR) is 89.5 cm³/mol. The smallest absolute Gasteiger partial charge is 0.161 e. The van der Waals surface area contributed by atoms with Gasteiger partial charge in [-0.25, -0.2) is 4.39 Å². The van der Waals surface area contributed by atoms with Crippen molar-refractivity contribution >= 4 is 5.71 Å². The molecule has 6 heteroatoms. The first kappa shape index (κ1) is 17.7. The monoisotopic (exact) mass is 333 g/mol. The summed E-state index contributed by atoms with van der Waals surface area (Å²) in [5.41, 5.74) is 2.84. The number of aliphatic hydroxyl groups is 1. The summed E-state index contributed by atoms with van der Waals surface area (Å²) in [6.07, 6.45) is 0. The van der Waals surface area contributed by atoms with Crippen LogP contribution in [0.1, 0.15) is 16.7 Å². The van der Waals surface area contributed by atoms with E-state index >= 15 is 0 Å². The maximum Gasteiger partial charge on any atom is 0.161 e. The molecule has 0 spiro atoms. The molecule has 1 N–H and O–H groups in total. The van der Waals surface area contributed by atoms with Crippen LogP contribution in [0.3, 0.4) is 0 Å². The number of aliphatic hydroxyl groups excluding tert-OH is 1. The normalized spacial score (nSPS) is 11.2. The molecule has 0 saturated carbocycles. The minimum absolute atomic E-state index is 0.0402. The third kappa shape index (κ3) is 4.23. The molecule has 0 aromatic heterocycles. The molecule has 2 aromatic carbocycles. The highest BCUT2D eigenvalue weighted by Crippen LogP contribution is 2.28. The van der Waals surface area contributed by atoms with E-state index in [4.69, 9.17) is 19.4 Å². The predicted octanol–water partition coefficient (Wildman–Crippen LogP) is 2.93. The first-order valence-electron chi connectivity index (χ1n) is 7.42. The molecule has 2 rings (SSSR count). The molecule has 0 heterocycles. The zero-order chi connectivity index (χ0) is 17.4. The van der Waals surface area contributed by atoms with Gasteiger partial charge in [0.25, 0.3) is 0 Å². The fourth-order valence-corrected chi connectivity index (χ4v) is 2.17. The largest absolute Gasteiger partial charge is 0.493 e.